The molecule has 0 aromatic carbocycles. The first-order valence-electron chi connectivity index (χ1n) is 18.5. The number of phosphoric acid groups is 3. The predicted octanol–water partition coefficient (Wildman–Crippen LogP) is 1.66. The van der Waals surface area contributed by atoms with Gasteiger partial charge in [-0.15, -0.1) is 0 Å². The smallest absolute Gasteiger partial charge is 0.386 e. The number of nitrogens with zero attached hydrogens (tertiary/aromatic N) is 4. The number of amides is 2. The second-order valence-electron chi connectivity index (χ2n) is 14.6. The highest BCUT2D eigenvalue weighted by atomic mass is 32.2. The summed E-state index contributed by atoms with van der Waals surface area (Å²) in [5.74, 6) is -0.366. The lowest BCUT2D eigenvalue weighted by Crippen LogP contribution is -2.46. The number of aliphatic hydroxyl groups is 2. The van der Waals surface area contributed by atoms with Crippen LogP contribution in [-0.2, 0) is 50.7 Å². The number of rotatable bonds is 26. The van der Waals surface area contributed by atoms with Gasteiger partial charge >= 0.3 is 23.5 Å². The number of imidazole rings is 1. The molecule has 0 aliphatic carbocycles. The van der Waals surface area contributed by atoms with Crippen LogP contribution in [0.1, 0.15) is 78.9 Å². The minimum absolute atomic E-state index is 0.0325. The van der Waals surface area contributed by atoms with Crippen molar-refractivity contribution < 1.29 is 80.5 Å². The fourth-order valence-electron chi connectivity index (χ4n) is 5.54. The lowest BCUT2D eigenvalue weighted by atomic mass is 9.87. The number of nitrogen functional groups attached to an aromatic ring is 1. The van der Waals surface area contributed by atoms with Crippen LogP contribution in [0.5, 0.6) is 0 Å². The normalized spacial score (nSPS) is 21.3. The van der Waals surface area contributed by atoms with E-state index in [4.69, 9.17) is 19.5 Å². The number of carbonyl (C=O) groups is 3. The maximum absolute atomic E-state index is 12.7. The Labute approximate surface area is 344 Å². The predicted molar refractivity (Wildman–Crippen MR) is 210 cm³/mol. The molecule has 1 fully saturated rings. The van der Waals surface area contributed by atoms with E-state index in [1.54, 1.807) is 0 Å². The van der Waals surface area contributed by atoms with Crippen LogP contribution < -0.4 is 16.4 Å². The molecule has 59 heavy (non-hydrogen) atoms. The topological polar surface area (TPSA) is 364 Å². The Morgan fingerprint density at radius 3 is 2.34 bits per heavy atom. The number of thioether (sulfide) groups is 1. The van der Waals surface area contributed by atoms with Crippen LogP contribution >= 0.6 is 35.2 Å². The second kappa shape index (κ2) is 22.6. The monoisotopic (exact) mass is 921 g/mol. The first kappa shape index (κ1) is 50.9. The Balaban J connectivity index is 1.42. The van der Waals surface area contributed by atoms with Gasteiger partial charge in [-0.25, -0.2) is 28.6 Å². The maximum Gasteiger partial charge on any atom is 0.481 e. The third kappa shape index (κ3) is 17.1. The van der Waals surface area contributed by atoms with Gasteiger partial charge in [-0.3, -0.25) is 32.5 Å². The minimum Gasteiger partial charge on any atom is -0.386 e. The fourth-order valence-corrected chi connectivity index (χ4v) is 9.09. The Morgan fingerprint density at radius 2 is 1.66 bits per heavy atom. The van der Waals surface area contributed by atoms with Crippen molar-refractivity contribution in [2.45, 2.75) is 103 Å². The summed E-state index contributed by atoms with van der Waals surface area (Å²) in [6.45, 7) is 4.92. The van der Waals surface area contributed by atoms with E-state index in [1.807, 2.05) is 0 Å². The highest BCUT2D eigenvalue weighted by molar-refractivity contribution is 8.13. The summed E-state index contributed by atoms with van der Waals surface area (Å²) in [5.41, 5.74) is 4.28. The van der Waals surface area contributed by atoms with E-state index in [0.717, 1.165) is 54.7 Å². The molecule has 2 aromatic heterocycles. The number of aromatic nitrogens is 4. The zero-order chi connectivity index (χ0) is 44.2. The van der Waals surface area contributed by atoms with Gasteiger partial charge in [0.05, 0.1) is 19.5 Å². The molecule has 1 aliphatic rings. The number of carbonyl (C=O) groups excluding carboxylic acids is 3. The largest absolute Gasteiger partial charge is 0.481 e. The van der Waals surface area contributed by atoms with Crippen molar-refractivity contribution in [3.05, 3.63) is 12.7 Å². The van der Waals surface area contributed by atoms with Gasteiger partial charge in [0.15, 0.2) is 22.8 Å². The number of hydrogen-bond donors (Lipinski definition) is 9. The Hall–Kier alpha value is -2.44. The van der Waals surface area contributed by atoms with Crippen LogP contribution in [0, 0.1) is 11.3 Å². The number of phosphoric ester groups is 3. The summed E-state index contributed by atoms with van der Waals surface area (Å²) in [6, 6.07) is 0. The average Bonchev–Trinajstić information content (AvgIpc) is 3.69. The third-order valence-electron chi connectivity index (χ3n) is 8.68. The van der Waals surface area contributed by atoms with Crippen LogP contribution in [-0.4, -0.2) is 123 Å². The molecule has 28 heteroatoms. The molecule has 0 bridgehead atoms. The molecule has 0 spiro atoms. The van der Waals surface area contributed by atoms with Gasteiger partial charge in [-0.2, -0.15) is 4.31 Å². The molecular weight excluding hydrogens is 867 g/mol. The van der Waals surface area contributed by atoms with Gasteiger partial charge in [-0.05, 0) is 12.3 Å². The third-order valence-corrected chi connectivity index (χ3v) is 12.7. The van der Waals surface area contributed by atoms with Crippen molar-refractivity contribution in [2.24, 2.45) is 11.3 Å². The van der Waals surface area contributed by atoms with Crippen molar-refractivity contribution in [1.82, 2.24) is 30.2 Å². The highest BCUT2D eigenvalue weighted by Crippen LogP contribution is 2.61. The summed E-state index contributed by atoms with van der Waals surface area (Å²) in [4.78, 5) is 87.8. The van der Waals surface area contributed by atoms with Gasteiger partial charge in [0.2, 0.25) is 11.8 Å². The maximum atomic E-state index is 12.7. The molecule has 2 amide bonds. The second-order valence-corrected chi connectivity index (χ2v) is 20.0. The van der Waals surface area contributed by atoms with Crippen molar-refractivity contribution in [3.8, 4) is 0 Å². The van der Waals surface area contributed by atoms with E-state index in [-0.39, 0.29) is 41.6 Å². The molecule has 1 saturated heterocycles. The zero-order valence-corrected chi connectivity index (χ0v) is 36.4. The van der Waals surface area contributed by atoms with E-state index < -0.39 is 84.6 Å². The highest BCUT2D eigenvalue weighted by Gasteiger charge is 2.50. The molecule has 2 aromatic rings. The lowest BCUT2D eigenvalue weighted by molar-refractivity contribution is -0.137. The van der Waals surface area contributed by atoms with Crippen molar-refractivity contribution in [1.29, 1.82) is 0 Å². The van der Waals surface area contributed by atoms with Crippen LogP contribution in [0.25, 0.3) is 11.2 Å². The van der Waals surface area contributed by atoms with E-state index in [0.29, 0.717) is 18.1 Å². The van der Waals surface area contributed by atoms with Crippen molar-refractivity contribution >= 4 is 69.1 Å². The molecule has 24 nitrogen and oxygen atoms in total. The molecule has 7 unspecified atom stereocenters. The van der Waals surface area contributed by atoms with Crippen LogP contribution in [0.3, 0.4) is 0 Å². The number of fused-ring (bicyclic) bond motifs is 1. The van der Waals surface area contributed by atoms with Gasteiger partial charge < -0.3 is 50.9 Å². The number of ether oxygens (including phenoxy) is 1. The molecule has 3 heterocycles. The lowest BCUT2D eigenvalue weighted by Gasteiger charge is -2.30. The average molecular weight is 922 g/mol. The van der Waals surface area contributed by atoms with E-state index in [1.165, 1.54) is 20.3 Å². The number of unbranched alkanes of at least 4 members (excludes halogenated alkanes) is 3. The van der Waals surface area contributed by atoms with E-state index in [2.05, 4.69) is 48.3 Å². The molecule has 3 rings (SSSR count). The standard InChI is InChI=1S/C31H54N7O17P3S/c1-19(2)9-7-5-6-8-10-22(40)59-14-13-33-21(39)11-12-34-29(43)26(42)31(3,4)16-52-58(49,50)55-57(47,48)51-15-20-25(54-56(44,45)46)24(41)30(53-20)38-18-37-23-27(32)35-17-36-28(23)38/h17-20,24-26,30,41-42H,5-16H2,1-4H3,(H,33,39)(H,34,43)(H,47,48)(H,49,50)(H2,32,35,36)(H2,44,45,46). The first-order valence-corrected chi connectivity index (χ1v) is 24.0. The number of anilines is 1. The molecule has 336 valence electrons. The van der Waals surface area contributed by atoms with E-state index in [9.17, 15) is 57.9 Å². The SMILES string of the molecule is CC(C)CCCCCCC(=O)SCCNC(=O)CCNC(=O)C(O)C(C)(C)COP(=O)(O)OP(=O)(O)OCC1OC(n2cnc3c(N)ncnc32)C(O)C1OP(=O)(O)O. The molecular formula is C31H54N7O17P3S. The van der Waals surface area contributed by atoms with E-state index >= 15 is 0 Å². The summed E-state index contributed by atoms with van der Waals surface area (Å²) < 4.78 is 62.2. The summed E-state index contributed by atoms with van der Waals surface area (Å²) in [6.07, 6.45) is -1.16. The Morgan fingerprint density at radius 1 is 0.983 bits per heavy atom. The summed E-state index contributed by atoms with van der Waals surface area (Å²) in [7, 11) is -16.4. The van der Waals surface area contributed by atoms with Crippen molar-refractivity contribution in [2.75, 3.05) is 37.8 Å². The number of aliphatic hydroxyl groups excluding tert-OH is 2. The number of hydrogen-bond acceptors (Lipinski definition) is 18. The molecule has 7 atom stereocenters. The van der Waals surface area contributed by atoms with Crippen LogP contribution in [0.4, 0.5) is 5.82 Å². The molecule has 1 aliphatic heterocycles. The molecule has 0 radical (unpaired) electrons. The fraction of sp³-hybridized carbons (Fsp3) is 0.742. The summed E-state index contributed by atoms with van der Waals surface area (Å²) in [5, 5.41) is 26.5. The van der Waals surface area contributed by atoms with Gasteiger partial charge in [0.1, 0.15) is 36.3 Å². The summed E-state index contributed by atoms with van der Waals surface area (Å²) >= 11 is 1.14. The minimum atomic E-state index is -5.57. The van der Waals surface area contributed by atoms with Crippen LogP contribution in [0.2, 0.25) is 0 Å². The van der Waals surface area contributed by atoms with Gasteiger partial charge in [0.25, 0.3) is 0 Å². The number of nitrogens with two attached hydrogens (primary N) is 1. The quantitative estimate of drug-likeness (QED) is 0.0478. The van der Waals surface area contributed by atoms with Gasteiger partial charge in [0, 0.05) is 37.1 Å². The molecule has 10 N–H and O–H groups in total. The first-order chi connectivity index (χ1) is 27.4. The number of nitrogens with one attached hydrogen (secondary N) is 2. The van der Waals surface area contributed by atoms with Gasteiger partial charge in [-0.1, -0.05) is 65.1 Å². The molecule has 0 saturated carbocycles. The van der Waals surface area contributed by atoms with Crippen LogP contribution in [0.15, 0.2) is 12.7 Å². The Bertz CT molecular complexity index is 1870. The zero-order valence-electron chi connectivity index (χ0n) is 32.9. The Kier molecular flexibility index (Phi) is 19.5. The van der Waals surface area contributed by atoms with Crippen molar-refractivity contribution in [3.63, 3.8) is 0 Å².